The molecule has 1 saturated heterocycles. The van der Waals surface area contributed by atoms with Crippen molar-refractivity contribution in [2.75, 3.05) is 45.0 Å². The molecule has 0 saturated carbocycles. The first kappa shape index (κ1) is 13.3. The molecule has 1 heterocycles. The summed E-state index contributed by atoms with van der Waals surface area (Å²) < 4.78 is 0. The molecule has 0 N–H and O–H groups in total. The monoisotopic (exact) mass is 230 g/mol. The van der Waals surface area contributed by atoms with Gasteiger partial charge in [0.25, 0.3) is 0 Å². The quantitative estimate of drug-likeness (QED) is 0.529. The molecular formula is C12H26N2S. The fourth-order valence-electron chi connectivity index (χ4n) is 2.13. The van der Waals surface area contributed by atoms with E-state index in [0.29, 0.717) is 0 Å². The molecule has 1 aliphatic heterocycles. The third-order valence-corrected chi connectivity index (χ3v) is 3.61. The lowest BCUT2D eigenvalue weighted by Crippen LogP contribution is -2.46. The van der Waals surface area contributed by atoms with Gasteiger partial charge in [0.2, 0.25) is 0 Å². The third kappa shape index (κ3) is 5.79. The summed E-state index contributed by atoms with van der Waals surface area (Å²) in [6.45, 7) is 9.88. The first-order valence-electron chi connectivity index (χ1n) is 6.42. The molecule has 3 heteroatoms. The van der Waals surface area contributed by atoms with Crippen LogP contribution in [0.1, 0.15) is 32.6 Å². The molecule has 1 rings (SSSR count). The highest BCUT2D eigenvalue weighted by molar-refractivity contribution is 7.80. The molecule has 0 unspecified atom stereocenters. The average molecular weight is 230 g/mol. The van der Waals surface area contributed by atoms with Gasteiger partial charge in [-0.3, -0.25) is 0 Å². The summed E-state index contributed by atoms with van der Waals surface area (Å²) in [6, 6.07) is 0. The van der Waals surface area contributed by atoms with Gasteiger partial charge in [0.15, 0.2) is 0 Å². The van der Waals surface area contributed by atoms with Crippen molar-refractivity contribution in [3.8, 4) is 0 Å². The van der Waals surface area contributed by atoms with Crippen LogP contribution in [0.2, 0.25) is 0 Å². The minimum atomic E-state index is 1.05. The smallest absolute Gasteiger partial charge is 0.0110 e. The molecule has 0 aromatic heterocycles. The van der Waals surface area contributed by atoms with Crippen molar-refractivity contribution in [2.24, 2.45) is 0 Å². The predicted molar refractivity (Wildman–Crippen MR) is 70.9 cm³/mol. The predicted octanol–water partition coefficient (Wildman–Crippen LogP) is 2.11. The molecule has 0 aliphatic carbocycles. The van der Waals surface area contributed by atoms with Crippen molar-refractivity contribution in [1.82, 2.24) is 9.80 Å². The van der Waals surface area contributed by atoms with E-state index in [-0.39, 0.29) is 0 Å². The van der Waals surface area contributed by atoms with Crippen LogP contribution in [0.25, 0.3) is 0 Å². The van der Waals surface area contributed by atoms with Crippen molar-refractivity contribution in [1.29, 1.82) is 0 Å². The van der Waals surface area contributed by atoms with Crippen LogP contribution in [-0.4, -0.2) is 54.8 Å². The number of hydrogen-bond acceptors (Lipinski definition) is 3. The van der Waals surface area contributed by atoms with Gasteiger partial charge in [0, 0.05) is 26.2 Å². The van der Waals surface area contributed by atoms with E-state index in [4.69, 9.17) is 0 Å². The Labute approximate surface area is 100 Å². The van der Waals surface area contributed by atoms with E-state index >= 15 is 0 Å². The Hall–Kier alpha value is 0.270. The number of unbranched alkanes of at least 4 members (excludes halogenated alkanes) is 3. The second-order valence-corrected chi connectivity index (χ2v) is 4.86. The van der Waals surface area contributed by atoms with Crippen LogP contribution in [0.5, 0.6) is 0 Å². The summed E-state index contributed by atoms with van der Waals surface area (Å²) >= 11 is 4.23. The van der Waals surface area contributed by atoms with Gasteiger partial charge in [-0.15, -0.1) is 0 Å². The van der Waals surface area contributed by atoms with Gasteiger partial charge >= 0.3 is 0 Å². The maximum Gasteiger partial charge on any atom is 0.0110 e. The van der Waals surface area contributed by atoms with E-state index in [9.17, 15) is 0 Å². The van der Waals surface area contributed by atoms with Gasteiger partial charge in [-0.25, -0.2) is 0 Å². The molecule has 1 aliphatic rings. The van der Waals surface area contributed by atoms with Crippen molar-refractivity contribution in [3.05, 3.63) is 0 Å². The minimum Gasteiger partial charge on any atom is -0.301 e. The highest BCUT2D eigenvalue weighted by Gasteiger charge is 2.14. The molecule has 90 valence electrons. The number of nitrogens with zero attached hydrogens (tertiary/aromatic N) is 2. The fraction of sp³-hybridized carbons (Fsp3) is 1.00. The maximum absolute atomic E-state index is 4.23. The average Bonchev–Trinajstić information content (AvgIpc) is 2.30. The molecule has 0 aromatic rings. The summed E-state index contributed by atoms with van der Waals surface area (Å²) in [7, 11) is 0. The van der Waals surface area contributed by atoms with Gasteiger partial charge < -0.3 is 9.80 Å². The second-order valence-electron chi connectivity index (χ2n) is 4.41. The highest BCUT2D eigenvalue weighted by atomic mass is 32.1. The molecule has 0 atom stereocenters. The van der Waals surface area contributed by atoms with Gasteiger partial charge in [-0.05, 0) is 31.7 Å². The van der Waals surface area contributed by atoms with Crippen molar-refractivity contribution in [2.45, 2.75) is 32.6 Å². The van der Waals surface area contributed by atoms with Gasteiger partial charge in [0.1, 0.15) is 0 Å². The zero-order chi connectivity index (χ0) is 10.9. The Morgan fingerprint density at radius 1 is 0.867 bits per heavy atom. The zero-order valence-corrected chi connectivity index (χ0v) is 11.0. The SMILES string of the molecule is CCN1CCN(CCCCCCS)CC1. The number of hydrogen-bond donors (Lipinski definition) is 1. The van der Waals surface area contributed by atoms with Crippen molar-refractivity contribution >= 4 is 12.6 Å². The Morgan fingerprint density at radius 3 is 2.07 bits per heavy atom. The molecular weight excluding hydrogens is 204 g/mol. The van der Waals surface area contributed by atoms with E-state index < -0.39 is 0 Å². The van der Waals surface area contributed by atoms with Gasteiger partial charge in [-0.2, -0.15) is 12.6 Å². The summed E-state index contributed by atoms with van der Waals surface area (Å²) in [6.07, 6.45) is 5.40. The van der Waals surface area contributed by atoms with E-state index in [1.807, 2.05) is 0 Å². The molecule has 2 nitrogen and oxygen atoms in total. The maximum atomic E-state index is 4.23. The summed E-state index contributed by atoms with van der Waals surface area (Å²) in [4.78, 5) is 5.16. The fourth-order valence-corrected chi connectivity index (χ4v) is 2.35. The summed E-state index contributed by atoms with van der Waals surface area (Å²) in [5, 5.41) is 0. The van der Waals surface area contributed by atoms with Crippen LogP contribution < -0.4 is 0 Å². The molecule has 0 bridgehead atoms. The number of piperazine rings is 1. The molecule has 1 fully saturated rings. The van der Waals surface area contributed by atoms with Gasteiger partial charge in [-0.1, -0.05) is 19.8 Å². The lowest BCUT2D eigenvalue weighted by Gasteiger charge is -2.33. The van der Waals surface area contributed by atoms with E-state index in [0.717, 1.165) is 5.75 Å². The molecule has 0 amide bonds. The molecule has 0 radical (unpaired) electrons. The minimum absolute atomic E-state index is 1.05. The van der Waals surface area contributed by atoms with Crippen LogP contribution >= 0.6 is 12.6 Å². The largest absolute Gasteiger partial charge is 0.301 e. The molecule has 0 spiro atoms. The lowest BCUT2D eigenvalue weighted by molar-refractivity contribution is 0.135. The van der Waals surface area contributed by atoms with Crippen LogP contribution in [0.4, 0.5) is 0 Å². The Bertz CT molecular complexity index is 145. The number of likely N-dealkylation sites (N-methyl/N-ethyl adjacent to an activating group) is 1. The Kier molecular flexibility index (Phi) is 7.49. The van der Waals surface area contributed by atoms with E-state index in [1.54, 1.807) is 0 Å². The topological polar surface area (TPSA) is 6.48 Å². The van der Waals surface area contributed by atoms with Crippen molar-refractivity contribution < 1.29 is 0 Å². The Balaban J connectivity index is 1.94. The molecule has 0 aromatic carbocycles. The van der Waals surface area contributed by atoms with Crippen LogP contribution in [0.3, 0.4) is 0 Å². The summed E-state index contributed by atoms with van der Waals surface area (Å²) in [5.74, 6) is 1.05. The lowest BCUT2D eigenvalue weighted by atomic mass is 10.2. The van der Waals surface area contributed by atoms with Crippen LogP contribution in [-0.2, 0) is 0 Å². The first-order chi connectivity index (χ1) is 7.36. The second kappa shape index (κ2) is 8.43. The van der Waals surface area contributed by atoms with E-state index in [1.165, 1.54) is 65.0 Å². The first-order valence-corrected chi connectivity index (χ1v) is 7.05. The third-order valence-electron chi connectivity index (χ3n) is 3.29. The highest BCUT2D eigenvalue weighted by Crippen LogP contribution is 2.05. The molecule has 15 heavy (non-hydrogen) atoms. The summed E-state index contributed by atoms with van der Waals surface area (Å²) in [5.41, 5.74) is 0. The van der Waals surface area contributed by atoms with Crippen LogP contribution in [0, 0.1) is 0 Å². The standard InChI is InChI=1S/C12H26N2S/c1-2-13-8-10-14(11-9-13)7-5-3-4-6-12-15/h15H,2-12H2,1H3. The van der Waals surface area contributed by atoms with E-state index in [2.05, 4.69) is 29.4 Å². The zero-order valence-electron chi connectivity index (χ0n) is 10.1. The Morgan fingerprint density at radius 2 is 1.47 bits per heavy atom. The number of thiol groups is 1. The van der Waals surface area contributed by atoms with Crippen molar-refractivity contribution in [3.63, 3.8) is 0 Å². The van der Waals surface area contributed by atoms with Gasteiger partial charge in [0.05, 0.1) is 0 Å². The number of rotatable bonds is 7. The van der Waals surface area contributed by atoms with Crippen LogP contribution in [0.15, 0.2) is 0 Å². The normalized spacial score (nSPS) is 19.6.